The van der Waals surface area contributed by atoms with E-state index in [9.17, 15) is 0 Å². The van der Waals surface area contributed by atoms with Gasteiger partial charge < -0.3 is 0 Å². The summed E-state index contributed by atoms with van der Waals surface area (Å²) >= 11 is 7.05. The molecular formula is C20H16N3S4+. The van der Waals surface area contributed by atoms with Gasteiger partial charge in [-0.2, -0.15) is 0 Å². The maximum Gasteiger partial charge on any atom is 0.324 e. The number of thioether (sulfide) groups is 2. The van der Waals surface area contributed by atoms with Crippen LogP contribution < -0.4 is 0 Å². The van der Waals surface area contributed by atoms with Crippen molar-refractivity contribution >= 4 is 46.2 Å². The van der Waals surface area contributed by atoms with Gasteiger partial charge in [0.05, 0.1) is 0 Å². The van der Waals surface area contributed by atoms with Crippen LogP contribution >= 0.6 is 46.2 Å². The van der Waals surface area contributed by atoms with Crippen LogP contribution in [0.1, 0.15) is 0 Å². The molecule has 0 saturated carbocycles. The van der Waals surface area contributed by atoms with Crippen molar-refractivity contribution in [3.8, 4) is 32.8 Å². The monoisotopic (exact) mass is 426 g/mol. The van der Waals surface area contributed by atoms with E-state index in [1.54, 1.807) is 46.2 Å². The normalized spacial score (nSPS) is 10.9. The van der Waals surface area contributed by atoms with Crippen molar-refractivity contribution in [3.63, 3.8) is 0 Å². The lowest BCUT2D eigenvalue weighted by Crippen LogP contribution is -1.98. The first-order valence-electron chi connectivity index (χ1n) is 8.20. The number of aromatic nitrogens is 3. The first-order valence-corrected chi connectivity index (χ1v) is 12.3. The summed E-state index contributed by atoms with van der Waals surface area (Å²) < 4.78 is 3.73. The highest BCUT2D eigenvalue weighted by molar-refractivity contribution is 8.04. The average Bonchev–Trinajstić information content (AvgIpc) is 3.18. The molecule has 0 aliphatic rings. The van der Waals surface area contributed by atoms with E-state index in [4.69, 9.17) is 15.0 Å². The Morgan fingerprint density at radius 3 is 1.67 bits per heavy atom. The molecule has 0 aliphatic carbocycles. The Labute approximate surface area is 175 Å². The molecule has 0 aliphatic heterocycles. The third-order valence-corrected chi connectivity index (χ3v) is 8.97. The van der Waals surface area contributed by atoms with E-state index >= 15 is 0 Å². The first kappa shape index (κ1) is 18.6. The van der Waals surface area contributed by atoms with Gasteiger partial charge in [0.25, 0.3) is 0 Å². The topological polar surface area (TPSA) is 38.7 Å². The summed E-state index contributed by atoms with van der Waals surface area (Å²) in [5.41, 5.74) is 1.99. The van der Waals surface area contributed by atoms with Crippen molar-refractivity contribution in [2.75, 3.05) is 12.5 Å². The van der Waals surface area contributed by atoms with E-state index in [1.807, 2.05) is 60.7 Å². The Morgan fingerprint density at radius 2 is 1.22 bits per heavy atom. The van der Waals surface area contributed by atoms with E-state index in [0.29, 0.717) is 11.6 Å². The van der Waals surface area contributed by atoms with Crippen LogP contribution in [0.2, 0.25) is 0 Å². The van der Waals surface area contributed by atoms with Crippen LogP contribution in [-0.2, 0) is 0 Å². The summed E-state index contributed by atoms with van der Waals surface area (Å²) in [7, 11) is 0. The van der Waals surface area contributed by atoms with Gasteiger partial charge in [-0.1, -0.05) is 84.2 Å². The van der Waals surface area contributed by atoms with Gasteiger partial charge in [-0.3, -0.25) is 0 Å². The van der Waals surface area contributed by atoms with Crippen molar-refractivity contribution in [3.05, 3.63) is 60.7 Å². The summed E-state index contributed by atoms with van der Waals surface area (Å²) in [4.78, 5) is 14.4. The summed E-state index contributed by atoms with van der Waals surface area (Å²) in [5.74, 6) is 2.15. The van der Waals surface area contributed by atoms with Crippen LogP contribution in [-0.4, -0.2) is 27.5 Å². The molecule has 2 aromatic carbocycles. The van der Waals surface area contributed by atoms with Gasteiger partial charge in [-0.25, -0.2) is 15.0 Å². The summed E-state index contributed by atoms with van der Waals surface area (Å²) in [6.07, 6.45) is 4.22. The molecule has 0 spiro atoms. The molecular weight excluding hydrogens is 411 g/mol. The lowest BCUT2D eigenvalue weighted by molar-refractivity contribution is 1.08. The van der Waals surface area contributed by atoms with Crippen molar-refractivity contribution in [2.45, 2.75) is 8.42 Å². The predicted molar refractivity (Wildman–Crippen MR) is 120 cm³/mol. The summed E-state index contributed by atoms with van der Waals surface area (Å²) in [6, 6.07) is 20.2. The molecule has 0 saturated heterocycles. The van der Waals surface area contributed by atoms with E-state index in [-0.39, 0.29) is 0 Å². The fraction of sp³-hybridized carbons (Fsp3) is 0.100. The maximum atomic E-state index is 4.80. The minimum Gasteiger partial charge on any atom is -0.208 e. The van der Waals surface area contributed by atoms with Crippen molar-refractivity contribution in [2.24, 2.45) is 0 Å². The molecule has 0 fully saturated rings. The third-order valence-electron chi connectivity index (χ3n) is 3.79. The molecule has 2 heterocycles. The van der Waals surface area contributed by atoms with Crippen LogP contribution in [0.15, 0.2) is 69.1 Å². The van der Waals surface area contributed by atoms with Crippen molar-refractivity contribution < 1.29 is 0 Å². The van der Waals surface area contributed by atoms with Crippen LogP contribution in [0.25, 0.3) is 32.8 Å². The second kappa shape index (κ2) is 8.48. The molecule has 0 atom stereocenters. The van der Waals surface area contributed by atoms with Gasteiger partial charge in [0.15, 0.2) is 11.6 Å². The Morgan fingerprint density at radius 1 is 0.704 bits per heavy atom. The zero-order valence-electron chi connectivity index (χ0n) is 14.7. The highest BCUT2D eigenvalue weighted by Crippen LogP contribution is 2.45. The van der Waals surface area contributed by atoms with Crippen LogP contribution in [0.5, 0.6) is 0 Å². The molecule has 27 heavy (non-hydrogen) atoms. The fourth-order valence-corrected chi connectivity index (χ4v) is 7.37. The number of benzene rings is 2. The third kappa shape index (κ3) is 4.06. The van der Waals surface area contributed by atoms with E-state index in [0.717, 1.165) is 21.1 Å². The molecule has 4 rings (SSSR count). The first-order chi connectivity index (χ1) is 13.3. The maximum absolute atomic E-state index is 4.80. The predicted octanol–water partition coefficient (Wildman–Crippen LogP) is 6.72. The second-order valence-corrected chi connectivity index (χ2v) is 9.96. The summed E-state index contributed by atoms with van der Waals surface area (Å²) in [5, 5.41) is 0. The highest BCUT2D eigenvalue weighted by atomic mass is 32.2. The largest absolute Gasteiger partial charge is 0.324 e. The van der Waals surface area contributed by atoms with Crippen LogP contribution in [0.4, 0.5) is 0 Å². The van der Waals surface area contributed by atoms with Gasteiger partial charge in [-0.05, 0) is 12.5 Å². The van der Waals surface area contributed by atoms with Gasteiger partial charge in [0.2, 0.25) is 14.2 Å². The standard InChI is InChI=1S/C20H16N3S4/c1-24-19-20(25-2)27-18(26-19)17-22-15(13-9-5-3-6-10-13)21-16(23-17)14-11-7-4-8-12-14/h3-12H,1-2H3/q+1. The Hall–Kier alpha value is -1.80. The molecule has 134 valence electrons. The smallest absolute Gasteiger partial charge is 0.208 e. The number of nitrogens with zero attached hydrogens (tertiary/aromatic N) is 3. The van der Waals surface area contributed by atoms with E-state index in [2.05, 4.69) is 12.5 Å². The Kier molecular flexibility index (Phi) is 5.83. The Balaban J connectivity index is 1.89. The molecule has 0 radical (unpaired) electrons. The summed E-state index contributed by atoms with van der Waals surface area (Å²) in [6.45, 7) is 0. The number of hydrogen-bond donors (Lipinski definition) is 0. The molecule has 0 N–H and O–H groups in total. The SMILES string of the molecule is CSc1sc(-c2nc(-c3ccccc3)nc(-c3ccccc3)n2)[s+]c1SC. The van der Waals surface area contributed by atoms with Crippen molar-refractivity contribution in [1.29, 1.82) is 0 Å². The van der Waals surface area contributed by atoms with Crippen LogP contribution in [0.3, 0.4) is 0 Å². The van der Waals surface area contributed by atoms with E-state index < -0.39 is 0 Å². The van der Waals surface area contributed by atoms with Gasteiger partial charge in [-0.15, -0.1) is 0 Å². The van der Waals surface area contributed by atoms with Crippen molar-refractivity contribution in [1.82, 2.24) is 15.0 Å². The molecule has 0 bridgehead atoms. The quantitative estimate of drug-likeness (QED) is 0.262. The van der Waals surface area contributed by atoms with Gasteiger partial charge in [0, 0.05) is 11.1 Å². The fourth-order valence-electron chi connectivity index (χ4n) is 2.51. The molecule has 0 amide bonds. The lowest BCUT2D eigenvalue weighted by Gasteiger charge is -2.05. The van der Waals surface area contributed by atoms with Gasteiger partial charge >= 0.3 is 4.19 Å². The zero-order chi connectivity index (χ0) is 18.6. The molecule has 3 nitrogen and oxygen atoms in total. The van der Waals surface area contributed by atoms with Crippen LogP contribution in [0, 0.1) is 0 Å². The molecule has 4 aromatic rings. The molecule has 7 heteroatoms. The second-order valence-electron chi connectivity index (χ2n) is 5.51. The lowest BCUT2D eigenvalue weighted by atomic mass is 10.2. The number of hydrogen-bond acceptors (Lipinski definition) is 6. The molecule has 0 unspecified atom stereocenters. The molecule has 2 aromatic heterocycles. The van der Waals surface area contributed by atoms with Gasteiger partial charge in [0.1, 0.15) is 22.7 Å². The Bertz CT molecular complexity index is 970. The zero-order valence-corrected chi connectivity index (χ0v) is 18.0. The van der Waals surface area contributed by atoms with E-state index in [1.165, 1.54) is 8.42 Å². The average molecular weight is 427 g/mol. The highest BCUT2D eigenvalue weighted by Gasteiger charge is 2.26. The number of rotatable bonds is 5. The minimum atomic E-state index is 0.705. The minimum absolute atomic E-state index is 0.705.